The van der Waals surface area contributed by atoms with Gasteiger partial charge in [-0.15, -0.1) is 0 Å². The SMILES string of the molecule is C.C(/C=C/CCCc1ccccc1)=C1C2CCC1CC2.COc1cc(F)c(F)cc1C(N)=O.O=CNc1ccc(F)c(C(F)(F)F)c1. The number of ether oxygens (including phenoxy) is 1. The minimum atomic E-state index is -4.76. The number of halogens is 6. The Bertz CT molecular complexity index is 1500. The van der Waals surface area contributed by atoms with Crippen LogP contribution in [0.15, 0.2) is 84.5 Å². The lowest BCUT2D eigenvalue weighted by atomic mass is 10.0. The molecule has 2 aliphatic carbocycles. The predicted molar refractivity (Wildman–Crippen MR) is 171 cm³/mol. The molecule has 2 aliphatic rings. The summed E-state index contributed by atoms with van der Waals surface area (Å²) in [7, 11) is 1.24. The molecular formula is C36H40F6N2O3. The lowest BCUT2D eigenvalue weighted by Crippen LogP contribution is -2.13. The fraction of sp³-hybridized carbons (Fsp3) is 0.333. The van der Waals surface area contributed by atoms with Gasteiger partial charge in [0.15, 0.2) is 11.6 Å². The second kappa shape index (κ2) is 18.6. The maximum atomic E-state index is 12.7. The van der Waals surface area contributed by atoms with Crippen LogP contribution in [-0.2, 0) is 17.4 Å². The van der Waals surface area contributed by atoms with Gasteiger partial charge in [0, 0.05) is 11.8 Å². The molecule has 0 saturated heterocycles. The van der Waals surface area contributed by atoms with Crippen LogP contribution in [0.3, 0.4) is 0 Å². The van der Waals surface area contributed by atoms with Crippen molar-refractivity contribution in [2.24, 2.45) is 17.6 Å². The number of amides is 2. The Labute approximate surface area is 271 Å². The number of fused-ring (bicyclic) bond motifs is 2. The third kappa shape index (κ3) is 11.6. The molecule has 2 fully saturated rings. The Morgan fingerprint density at radius 3 is 2.11 bits per heavy atom. The average Bonchev–Trinajstić information content (AvgIpc) is 3.61. The van der Waals surface area contributed by atoms with Crippen molar-refractivity contribution in [2.75, 3.05) is 12.4 Å². The molecule has 11 heteroatoms. The number of primary amides is 1. The van der Waals surface area contributed by atoms with Gasteiger partial charge in [-0.1, -0.05) is 61.6 Å². The van der Waals surface area contributed by atoms with Gasteiger partial charge in [0.05, 0.1) is 18.2 Å². The van der Waals surface area contributed by atoms with Gasteiger partial charge in [-0.3, -0.25) is 9.59 Å². The maximum Gasteiger partial charge on any atom is 0.419 e. The molecule has 47 heavy (non-hydrogen) atoms. The maximum absolute atomic E-state index is 12.7. The Kier molecular flexibility index (Phi) is 15.3. The third-order valence-electron chi connectivity index (χ3n) is 7.78. The molecule has 0 atom stereocenters. The van der Waals surface area contributed by atoms with Crippen molar-refractivity contribution in [3.05, 3.63) is 119 Å². The Balaban J connectivity index is 0.000000249. The molecule has 254 valence electrons. The highest BCUT2D eigenvalue weighted by molar-refractivity contribution is 5.95. The summed E-state index contributed by atoms with van der Waals surface area (Å²) >= 11 is 0. The zero-order valence-corrected chi connectivity index (χ0v) is 25.3. The van der Waals surface area contributed by atoms with Crippen LogP contribution in [0.25, 0.3) is 0 Å². The number of unbranched alkanes of at least 4 members (excludes halogenated alkanes) is 1. The highest BCUT2D eigenvalue weighted by Crippen LogP contribution is 2.48. The van der Waals surface area contributed by atoms with Crippen LogP contribution >= 0.6 is 0 Å². The number of carbonyl (C=O) groups excluding carboxylic acids is 2. The lowest BCUT2D eigenvalue weighted by Gasteiger charge is -2.09. The number of nitrogens with two attached hydrogens (primary N) is 1. The van der Waals surface area contributed by atoms with Gasteiger partial charge in [0.1, 0.15) is 11.6 Å². The van der Waals surface area contributed by atoms with Gasteiger partial charge in [0.25, 0.3) is 5.91 Å². The van der Waals surface area contributed by atoms with E-state index in [0.29, 0.717) is 18.2 Å². The number of allylic oxidation sites excluding steroid dienone is 4. The smallest absolute Gasteiger partial charge is 0.419 e. The second-order valence-corrected chi connectivity index (χ2v) is 10.8. The van der Waals surface area contributed by atoms with E-state index in [2.05, 4.69) is 53.3 Å². The van der Waals surface area contributed by atoms with Crippen LogP contribution in [0.1, 0.15) is 67.4 Å². The summed E-state index contributed by atoms with van der Waals surface area (Å²) in [4.78, 5) is 20.6. The molecule has 5 rings (SSSR count). The number of aryl methyl sites for hydroxylation is 1. The number of hydrogen-bond donors (Lipinski definition) is 2. The highest BCUT2D eigenvalue weighted by Gasteiger charge is 2.36. The number of carbonyl (C=O) groups is 2. The van der Waals surface area contributed by atoms with E-state index in [0.717, 1.165) is 24.0 Å². The minimum Gasteiger partial charge on any atom is -0.496 e. The van der Waals surface area contributed by atoms with Crippen molar-refractivity contribution >= 4 is 18.0 Å². The molecule has 2 amide bonds. The van der Waals surface area contributed by atoms with Crippen molar-refractivity contribution in [3.63, 3.8) is 0 Å². The Morgan fingerprint density at radius 1 is 0.936 bits per heavy atom. The zero-order valence-electron chi connectivity index (χ0n) is 25.3. The summed E-state index contributed by atoms with van der Waals surface area (Å²) in [6.45, 7) is 0. The van der Waals surface area contributed by atoms with E-state index in [1.165, 1.54) is 57.6 Å². The van der Waals surface area contributed by atoms with Crippen molar-refractivity contribution < 1.29 is 40.7 Å². The second-order valence-electron chi connectivity index (χ2n) is 10.8. The van der Waals surface area contributed by atoms with Crippen LogP contribution < -0.4 is 15.8 Å². The first kappa shape index (κ1) is 38.6. The number of benzene rings is 3. The summed E-state index contributed by atoms with van der Waals surface area (Å²) in [6, 6.07) is 14.5. The van der Waals surface area contributed by atoms with Gasteiger partial charge in [-0.2, -0.15) is 13.2 Å². The Hall–Kier alpha value is -4.54. The minimum absolute atomic E-state index is 0. The van der Waals surface area contributed by atoms with Crippen molar-refractivity contribution in [2.45, 2.75) is 58.5 Å². The van der Waals surface area contributed by atoms with E-state index in [-0.39, 0.29) is 30.8 Å². The van der Waals surface area contributed by atoms with E-state index < -0.39 is 35.1 Å². The van der Waals surface area contributed by atoms with E-state index in [4.69, 9.17) is 5.73 Å². The van der Waals surface area contributed by atoms with Crippen molar-refractivity contribution in [3.8, 4) is 5.75 Å². The van der Waals surface area contributed by atoms with Gasteiger partial charge in [0.2, 0.25) is 6.41 Å². The van der Waals surface area contributed by atoms with Crippen LogP contribution in [0.4, 0.5) is 32.0 Å². The molecule has 3 aromatic rings. The third-order valence-corrected chi connectivity index (χ3v) is 7.78. The monoisotopic (exact) mass is 662 g/mol. The average molecular weight is 663 g/mol. The van der Waals surface area contributed by atoms with E-state index in [1.54, 1.807) is 5.57 Å². The number of methoxy groups -OCH3 is 1. The quantitative estimate of drug-likeness (QED) is 0.136. The summed E-state index contributed by atoms with van der Waals surface area (Å²) in [5.74, 6) is -2.63. The summed E-state index contributed by atoms with van der Waals surface area (Å²) < 4.78 is 78.9. The molecule has 0 heterocycles. The molecule has 2 saturated carbocycles. The van der Waals surface area contributed by atoms with E-state index >= 15 is 0 Å². The molecule has 0 aliphatic heterocycles. The van der Waals surface area contributed by atoms with Gasteiger partial charge in [-0.25, -0.2) is 13.2 Å². The molecule has 3 N–H and O–H groups in total. The zero-order chi connectivity index (χ0) is 33.7. The van der Waals surface area contributed by atoms with Gasteiger partial charge < -0.3 is 15.8 Å². The molecule has 0 spiro atoms. The lowest BCUT2D eigenvalue weighted by molar-refractivity contribution is -0.140. The first-order valence-electron chi connectivity index (χ1n) is 14.7. The molecule has 0 aromatic heterocycles. The number of nitrogens with one attached hydrogen (secondary N) is 1. The summed E-state index contributed by atoms with van der Waals surface area (Å²) in [5, 5.41) is 2.00. The molecular weight excluding hydrogens is 622 g/mol. The number of alkyl halides is 3. The van der Waals surface area contributed by atoms with Crippen molar-refractivity contribution in [1.82, 2.24) is 0 Å². The first-order chi connectivity index (χ1) is 21.9. The number of anilines is 1. The van der Waals surface area contributed by atoms with E-state index in [9.17, 15) is 35.9 Å². The summed E-state index contributed by atoms with van der Waals surface area (Å²) in [6.07, 6.45) is 12.0. The summed E-state index contributed by atoms with van der Waals surface area (Å²) in [5.41, 5.74) is 6.44. The van der Waals surface area contributed by atoms with Gasteiger partial charge >= 0.3 is 6.18 Å². The topological polar surface area (TPSA) is 81.4 Å². The fourth-order valence-electron chi connectivity index (χ4n) is 5.50. The number of rotatable bonds is 9. The van der Waals surface area contributed by atoms with Crippen LogP contribution in [0.2, 0.25) is 0 Å². The largest absolute Gasteiger partial charge is 0.496 e. The normalized spacial score (nSPS) is 16.3. The molecule has 0 unspecified atom stereocenters. The molecule has 2 bridgehead atoms. The molecule has 5 nitrogen and oxygen atoms in total. The predicted octanol–water partition coefficient (Wildman–Crippen LogP) is 9.43. The molecule has 3 aromatic carbocycles. The molecule has 0 radical (unpaired) electrons. The van der Waals surface area contributed by atoms with Gasteiger partial charge in [-0.05, 0) is 86.6 Å². The van der Waals surface area contributed by atoms with Crippen LogP contribution in [0, 0.1) is 29.3 Å². The number of hydrogen-bond acceptors (Lipinski definition) is 3. The Morgan fingerprint density at radius 2 is 1.55 bits per heavy atom. The first-order valence-corrected chi connectivity index (χ1v) is 14.7. The fourth-order valence-corrected chi connectivity index (χ4v) is 5.50. The van der Waals surface area contributed by atoms with E-state index in [1.807, 2.05) is 5.32 Å². The van der Waals surface area contributed by atoms with Crippen LogP contribution in [-0.4, -0.2) is 19.4 Å². The van der Waals surface area contributed by atoms with Crippen molar-refractivity contribution in [1.29, 1.82) is 0 Å². The standard InChI is InChI=1S/C19H24.C8H5F4NO.C8H7F2NO2.CH4/c1(4-8-16-9-5-3-6-10-16)2-7-11-19-17-12-13-18(19)15-14-17;9-7-2-1-5(13-4-14)3-6(7)8(10,11)12;1-13-7-3-6(10)5(9)2-4(7)8(11)12;/h2-3,5-7,9-11,17-18H,1,4,8,12-15H2;1-4H,(H,13,14);2-3H,1H3,(H2,11,12);1H4/b7-2+,19-11?;;;. The highest BCUT2D eigenvalue weighted by atomic mass is 19.4. The van der Waals surface area contributed by atoms with Crippen LogP contribution in [0.5, 0.6) is 5.75 Å².